The first-order chi connectivity index (χ1) is 7.59. The van der Waals surface area contributed by atoms with Crippen LogP contribution in [0.2, 0.25) is 0 Å². The monoisotopic (exact) mass is 225 g/mol. The summed E-state index contributed by atoms with van der Waals surface area (Å²) < 4.78 is 0. The fourth-order valence-corrected chi connectivity index (χ4v) is 2.40. The van der Waals surface area contributed by atoms with Crippen molar-refractivity contribution in [2.24, 2.45) is 11.8 Å². The Morgan fingerprint density at radius 1 is 1.50 bits per heavy atom. The third kappa shape index (κ3) is 2.04. The fourth-order valence-electron chi connectivity index (χ4n) is 2.40. The molecule has 2 rings (SSSR count). The maximum absolute atomic E-state index is 11.9. The molecule has 0 aromatic heterocycles. The molecule has 5 heteroatoms. The highest BCUT2D eigenvalue weighted by molar-refractivity contribution is 5.90. The number of likely N-dealkylation sites (tertiary alicyclic amines) is 1. The maximum atomic E-state index is 11.9. The molecule has 2 aliphatic heterocycles. The van der Waals surface area contributed by atoms with Crippen molar-refractivity contribution in [1.29, 1.82) is 0 Å². The second kappa shape index (κ2) is 4.41. The minimum absolute atomic E-state index is 0.0127. The lowest BCUT2D eigenvalue weighted by atomic mass is 9.97. The third-order valence-electron chi connectivity index (χ3n) is 3.60. The molecule has 0 aliphatic carbocycles. The van der Waals surface area contributed by atoms with Gasteiger partial charge in [0.15, 0.2) is 0 Å². The number of hydrogen-bond acceptors (Lipinski definition) is 3. The van der Waals surface area contributed by atoms with Gasteiger partial charge in [-0.25, -0.2) is 0 Å². The zero-order valence-corrected chi connectivity index (χ0v) is 9.82. The van der Waals surface area contributed by atoms with Crippen molar-refractivity contribution in [2.75, 3.05) is 26.7 Å². The van der Waals surface area contributed by atoms with E-state index in [2.05, 4.69) is 17.6 Å². The summed E-state index contributed by atoms with van der Waals surface area (Å²) in [5, 5.41) is 6.05. The van der Waals surface area contributed by atoms with Crippen molar-refractivity contribution >= 4 is 11.8 Å². The second-order valence-electron chi connectivity index (χ2n) is 4.85. The molecule has 1 unspecified atom stereocenters. The molecule has 0 spiro atoms. The fraction of sp³-hybridized carbons (Fsp3) is 0.818. The SMILES string of the molecule is C[C@@H]1CNC[C@H]1C(=O)NC1CCN(C)C1=O. The molecule has 2 saturated heterocycles. The molecule has 2 aliphatic rings. The van der Waals surface area contributed by atoms with Gasteiger partial charge in [-0.2, -0.15) is 0 Å². The van der Waals surface area contributed by atoms with Gasteiger partial charge in [0, 0.05) is 20.1 Å². The average molecular weight is 225 g/mol. The topological polar surface area (TPSA) is 61.4 Å². The Bertz CT molecular complexity index is 306. The van der Waals surface area contributed by atoms with Crippen LogP contribution in [-0.4, -0.2) is 49.4 Å². The number of carbonyl (C=O) groups is 2. The van der Waals surface area contributed by atoms with Crippen molar-refractivity contribution < 1.29 is 9.59 Å². The van der Waals surface area contributed by atoms with Gasteiger partial charge in [-0.15, -0.1) is 0 Å². The molecule has 2 fully saturated rings. The van der Waals surface area contributed by atoms with E-state index in [4.69, 9.17) is 0 Å². The Balaban J connectivity index is 1.90. The van der Waals surface area contributed by atoms with Crippen LogP contribution in [0.3, 0.4) is 0 Å². The standard InChI is InChI=1S/C11H19N3O2/c1-7-5-12-6-8(7)10(15)13-9-3-4-14(2)11(9)16/h7-9,12H,3-6H2,1-2H3,(H,13,15)/t7-,8-,9?/m1/s1. The third-order valence-corrected chi connectivity index (χ3v) is 3.60. The van der Waals surface area contributed by atoms with E-state index >= 15 is 0 Å². The summed E-state index contributed by atoms with van der Waals surface area (Å²) in [5.41, 5.74) is 0. The van der Waals surface area contributed by atoms with Crippen molar-refractivity contribution in [3.63, 3.8) is 0 Å². The summed E-state index contributed by atoms with van der Waals surface area (Å²) in [6.07, 6.45) is 0.732. The number of carbonyl (C=O) groups excluding carboxylic acids is 2. The predicted molar refractivity (Wildman–Crippen MR) is 59.7 cm³/mol. The van der Waals surface area contributed by atoms with Crippen LogP contribution in [0.4, 0.5) is 0 Å². The van der Waals surface area contributed by atoms with E-state index in [1.54, 1.807) is 11.9 Å². The zero-order chi connectivity index (χ0) is 11.7. The number of nitrogens with zero attached hydrogens (tertiary/aromatic N) is 1. The molecule has 0 aromatic rings. The summed E-state index contributed by atoms with van der Waals surface area (Å²) in [6, 6.07) is -0.301. The first kappa shape index (κ1) is 11.4. The lowest BCUT2D eigenvalue weighted by Gasteiger charge is -2.17. The van der Waals surface area contributed by atoms with E-state index in [1.807, 2.05) is 0 Å². The van der Waals surface area contributed by atoms with Crippen LogP contribution < -0.4 is 10.6 Å². The highest BCUT2D eigenvalue weighted by Crippen LogP contribution is 2.17. The smallest absolute Gasteiger partial charge is 0.244 e. The molecule has 2 amide bonds. The zero-order valence-electron chi connectivity index (χ0n) is 9.82. The van der Waals surface area contributed by atoms with Gasteiger partial charge in [-0.3, -0.25) is 9.59 Å². The molecule has 3 atom stereocenters. The molecule has 16 heavy (non-hydrogen) atoms. The first-order valence-electron chi connectivity index (χ1n) is 5.85. The van der Waals surface area contributed by atoms with Crippen LogP contribution in [0, 0.1) is 11.8 Å². The summed E-state index contributed by atoms with van der Waals surface area (Å²) in [6.45, 7) is 4.41. The molecule has 5 nitrogen and oxygen atoms in total. The minimum Gasteiger partial charge on any atom is -0.344 e. The quantitative estimate of drug-likeness (QED) is 0.646. The van der Waals surface area contributed by atoms with Crippen LogP contribution in [0.5, 0.6) is 0 Å². The van der Waals surface area contributed by atoms with E-state index in [9.17, 15) is 9.59 Å². The molecule has 2 N–H and O–H groups in total. The van der Waals surface area contributed by atoms with E-state index in [0.29, 0.717) is 5.92 Å². The molecular formula is C11H19N3O2. The van der Waals surface area contributed by atoms with Crippen LogP contribution in [0.15, 0.2) is 0 Å². The maximum Gasteiger partial charge on any atom is 0.244 e. The Kier molecular flexibility index (Phi) is 3.14. The van der Waals surface area contributed by atoms with Crippen molar-refractivity contribution in [3.8, 4) is 0 Å². The van der Waals surface area contributed by atoms with Gasteiger partial charge < -0.3 is 15.5 Å². The van der Waals surface area contributed by atoms with Gasteiger partial charge in [0.1, 0.15) is 6.04 Å². The van der Waals surface area contributed by atoms with Crippen LogP contribution in [0.1, 0.15) is 13.3 Å². The molecule has 0 radical (unpaired) electrons. The predicted octanol–water partition coefficient (Wildman–Crippen LogP) is -0.811. The summed E-state index contributed by atoms with van der Waals surface area (Å²) in [5.74, 6) is 0.422. The average Bonchev–Trinajstić information content (AvgIpc) is 2.79. The Morgan fingerprint density at radius 2 is 2.25 bits per heavy atom. The minimum atomic E-state index is -0.301. The molecule has 90 valence electrons. The number of likely N-dealkylation sites (N-methyl/N-ethyl adjacent to an activating group) is 1. The van der Waals surface area contributed by atoms with Crippen molar-refractivity contribution in [2.45, 2.75) is 19.4 Å². The van der Waals surface area contributed by atoms with Gasteiger partial charge in [-0.05, 0) is 18.9 Å². The van der Waals surface area contributed by atoms with Crippen LogP contribution >= 0.6 is 0 Å². The van der Waals surface area contributed by atoms with Crippen molar-refractivity contribution in [3.05, 3.63) is 0 Å². The van der Waals surface area contributed by atoms with Crippen molar-refractivity contribution in [1.82, 2.24) is 15.5 Å². The number of hydrogen-bond donors (Lipinski definition) is 2. The lowest BCUT2D eigenvalue weighted by Crippen LogP contribution is -2.44. The van der Waals surface area contributed by atoms with E-state index in [1.165, 1.54) is 0 Å². The summed E-state index contributed by atoms with van der Waals surface area (Å²) in [4.78, 5) is 25.2. The number of rotatable bonds is 2. The Hall–Kier alpha value is -1.10. The van der Waals surface area contributed by atoms with Gasteiger partial charge >= 0.3 is 0 Å². The highest BCUT2D eigenvalue weighted by atomic mass is 16.2. The normalized spacial score (nSPS) is 34.5. The molecule has 0 saturated carbocycles. The molecule has 0 aromatic carbocycles. The van der Waals surface area contributed by atoms with Gasteiger partial charge in [0.2, 0.25) is 11.8 Å². The number of amides is 2. The van der Waals surface area contributed by atoms with Crippen LogP contribution in [0.25, 0.3) is 0 Å². The second-order valence-corrected chi connectivity index (χ2v) is 4.85. The van der Waals surface area contributed by atoms with Crippen LogP contribution in [-0.2, 0) is 9.59 Å². The summed E-state index contributed by atoms with van der Waals surface area (Å²) in [7, 11) is 1.77. The van der Waals surface area contributed by atoms with Gasteiger partial charge in [0.25, 0.3) is 0 Å². The Morgan fingerprint density at radius 3 is 2.75 bits per heavy atom. The highest BCUT2D eigenvalue weighted by Gasteiger charge is 2.35. The van der Waals surface area contributed by atoms with E-state index in [-0.39, 0.29) is 23.8 Å². The van der Waals surface area contributed by atoms with Gasteiger partial charge in [-0.1, -0.05) is 6.92 Å². The summed E-state index contributed by atoms with van der Waals surface area (Å²) >= 11 is 0. The number of nitrogens with one attached hydrogen (secondary N) is 2. The van der Waals surface area contributed by atoms with Gasteiger partial charge in [0.05, 0.1) is 5.92 Å². The molecule has 2 heterocycles. The molecular weight excluding hydrogens is 206 g/mol. The Labute approximate surface area is 95.6 Å². The first-order valence-corrected chi connectivity index (χ1v) is 5.85. The lowest BCUT2D eigenvalue weighted by molar-refractivity contribution is -0.133. The molecule has 0 bridgehead atoms. The van der Waals surface area contributed by atoms with E-state index < -0.39 is 0 Å². The van der Waals surface area contributed by atoms with E-state index in [0.717, 1.165) is 26.1 Å². The largest absolute Gasteiger partial charge is 0.344 e.